The summed E-state index contributed by atoms with van der Waals surface area (Å²) >= 11 is 0. The molecule has 33 heavy (non-hydrogen) atoms. The average Bonchev–Trinajstić information content (AvgIpc) is 2.68. The third-order valence-electron chi connectivity index (χ3n) is 5.79. The summed E-state index contributed by atoms with van der Waals surface area (Å²) in [5, 5.41) is 19.3. The standard InChI is InChI=1S/C27H32FN5/c1-16(2)15-33-18(4)17(3)9-24(31-33)19-10-22(28)21-12-23(29-30-25(21)11-19)20-13-26(5,6)32-27(7,8)14-20/h9-13,15,32H,4,14H2,1-3,5-8H3. The largest absolute Gasteiger partial charge is 0.303 e. The van der Waals surface area contributed by atoms with Gasteiger partial charge in [0.25, 0.3) is 0 Å². The van der Waals surface area contributed by atoms with Crippen LogP contribution in [0.5, 0.6) is 0 Å². The molecule has 2 aliphatic rings. The van der Waals surface area contributed by atoms with Gasteiger partial charge in [0.2, 0.25) is 0 Å². The third-order valence-corrected chi connectivity index (χ3v) is 5.79. The number of hydrogen-bond donors (Lipinski definition) is 1. The van der Waals surface area contributed by atoms with Gasteiger partial charge in [-0.2, -0.15) is 10.2 Å². The van der Waals surface area contributed by atoms with Crippen molar-refractivity contribution in [3.05, 3.63) is 77.0 Å². The van der Waals surface area contributed by atoms with Crippen LogP contribution in [0.4, 0.5) is 4.39 Å². The van der Waals surface area contributed by atoms with Gasteiger partial charge in [0.15, 0.2) is 0 Å². The Morgan fingerprint density at radius 2 is 1.88 bits per heavy atom. The van der Waals surface area contributed by atoms with Gasteiger partial charge in [0.1, 0.15) is 5.82 Å². The normalized spacial score (nSPS) is 19.7. The first kappa shape index (κ1) is 23.1. The number of halogens is 1. The lowest BCUT2D eigenvalue weighted by Crippen LogP contribution is -2.53. The predicted octanol–water partition coefficient (Wildman–Crippen LogP) is 6.11. The number of hydrogen-bond acceptors (Lipinski definition) is 5. The maximum Gasteiger partial charge on any atom is 0.133 e. The Kier molecular flexibility index (Phi) is 5.61. The van der Waals surface area contributed by atoms with Gasteiger partial charge >= 0.3 is 0 Å². The van der Waals surface area contributed by atoms with Crippen LogP contribution in [0.25, 0.3) is 16.5 Å². The van der Waals surface area contributed by atoms with E-state index in [2.05, 4.69) is 61.0 Å². The predicted molar refractivity (Wildman–Crippen MR) is 134 cm³/mol. The fourth-order valence-corrected chi connectivity index (χ4v) is 4.65. The summed E-state index contributed by atoms with van der Waals surface area (Å²) in [5.74, 6) is -0.335. The van der Waals surface area contributed by atoms with E-state index < -0.39 is 0 Å². The average molecular weight is 446 g/mol. The maximum absolute atomic E-state index is 15.3. The minimum atomic E-state index is -0.335. The van der Waals surface area contributed by atoms with Crippen LogP contribution in [0.1, 0.15) is 66.1 Å². The molecule has 0 saturated carbocycles. The minimum absolute atomic E-state index is 0.0862. The fraction of sp³-hybridized carbons (Fsp3) is 0.370. The first-order chi connectivity index (χ1) is 15.3. The van der Waals surface area contributed by atoms with Gasteiger partial charge in [-0.1, -0.05) is 18.2 Å². The van der Waals surface area contributed by atoms with Gasteiger partial charge in [-0.3, -0.25) is 0 Å². The molecular formula is C27H32FN5. The van der Waals surface area contributed by atoms with E-state index in [0.717, 1.165) is 28.8 Å². The molecule has 3 heterocycles. The molecule has 5 nitrogen and oxygen atoms in total. The second-order valence-corrected chi connectivity index (χ2v) is 10.5. The van der Waals surface area contributed by atoms with Gasteiger partial charge < -0.3 is 5.32 Å². The zero-order valence-corrected chi connectivity index (χ0v) is 20.5. The highest BCUT2D eigenvalue weighted by Crippen LogP contribution is 2.34. The number of benzene rings is 1. The van der Waals surface area contributed by atoms with Crippen LogP contribution in [0.15, 0.2) is 65.1 Å². The summed E-state index contributed by atoms with van der Waals surface area (Å²) < 4.78 is 15.3. The molecule has 1 N–H and O–H groups in total. The molecule has 0 atom stereocenters. The summed E-state index contributed by atoms with van der Waals surface area (Å²) in [7, 11) is 0. The van der Waals surface area contributed by atoms with Crippen LogP contribution in [0, 0.1) is 5.82 Å². The van der Waals surface area contributed by atoms with Gasteiger partial charge in [-0.15, -0.1) is 5.10 Å². The SMILES string of the molecule is C=C1C(C)=CC(c2cc(F)c3cc(C4=CC(C)(C)NC(C)(C)C4)nnc3c2)=NN1C=C(C)C. The molecule has 4 rings (SSSR count). The molecule has 0 unspecified atom stereocenters. The van der Waals surface area contributed by atoms with E-state index in [9.17, 15) is 0 Å². The lowest BCUT2D eigenvalue weighted by Gasteiger charge is -2.41. The Morgan fingerprint density at radius 3 is 2.55 bits per heavy atom. The molecule has 0 amide bonds. The van der Waals surface area contributed by atoms with E-state index in [1.165, 1.54) is 6.07 Å². The smallest absolute Gasteiger partial charge is 0.133 e. The van der Waals surface area contributed by atoms with Gasteiger partial charge in [-0.25, -0.2) is 9.40 Å². The van der Waals surface area contributed by atoms with Crippen LogP contribution >= 0.6 is 0 Å². The van der Waals surface area contributed by atoms with Crippen LogP contribution in [0.3, 0.4) is 0 Å². The van der Waals surface area contributed by atoms with Crippen LogP contribution in [-0.4, -0.2) is 32.0 Å². The number of rotatable bonds is 3. The number of nitrogens with one attached hydrogen (secondary N) is 1. The van der Waals surface area contributed by atoms with E-state index in [0.29, 0.717) is 27.9 Å². The van der Waals surface area contributed by atoms with E-state index in [-0.39, 0.29) is 16.9 Å². The lowest BCUT2D eigenvalue weighted by atomic mass is 9.82. The number of fused-ring (bicyclic) bond motifs is 1. The Bertz CT molecular complexity index is 1270. The van der Waals surface area contributed by atoms with Crippen molar-refractivity contribution in [1.82, 2.24) is 20.5 Å². The summed E-state index contributed by atoms with van der Waals surface area (Å²) in [4.78, 5) is 0. The quantitative estimate of drug-likeness (QED) is 0.620. The van der Waals surface area contributed by atoms with Crippen LogP contribution in [0.2, 0.25) is 0 Å². The molecule has 0 bridgehead atoms. The molecule has 0 fully saturated rings. The number of allylic oxidation sites excluding steroid dienone is 3. The van der Waals surface area contributed by atoms with E-state index in [1.807, 2.05) is 45.2 Å². The highest BCUT2D eigenvalue weighted by atomic mass is 19.1. The fourth-order valence-electron chi connectivity index (χ4n) is 4.65. The Hall–Kier alpha value is -3.12. The van der Waals surface area contributed by atoms with Crippen molar-refractivity contribution < 1.29 is 4.39 Å². The molecule has 2 aliphatic heterocycles. The van der Waals surface area contributed by atoms with Crippen molar-refractivity contribution in [1.29, 1.82) is 0 Å². The van der Waals surface area contributed by atoms with E-state index >= 15 is 4.39 Å². The number of nitrogens with zero attached hydrogens (tertiary/aromatic N) is 4. The topological polar surface area (TPSA) is 53.4 Å². The Labute approximate surface area is 195 Å². The zero-order valence-electron chi connectivity index (χ0n) is 20.5. The molecule has 0 radical (unpaired) electrons. The first-order valence-corrected chi connectivity index (χ1v) is 11.2. The molecule has 172 valence electrons. The summed E-state index contributed by atoms with van der Waals surface area (Å²) in [6.07, 6.45) is 6.79. The van der Waals surface area contributed by atoms with Crippen LogP contribution < -0.4 is 5.32 Å². The Morgan fingerprint density at radius 1 is 1.15 bits per heavy atom. The van der Waals surface area contributed by atoms with Crippen LogP contribution in [-0.2, 0) is 0 Å². The molecule has 0 spiro atoms. The molecular weight excluding hydrogens is 413 g/mol. The summed E-state index contributed by atoms with van der Waals surface area (Å²) in [6.45, 7) is 18.7. The van der Waals surface area contributed by atoms with Gasteiger partial charge in [0, 0.05) is 28.2 Å². The molecule has 6 heteroatoms. The Balaban J connectivity index is 1.76. The van der Waals surface area contributed by atoms with Crippen molar-refractivity contribution in [3.8, 4) is 0 Å². The highest BCUT2D eigenvalue weighted by molar-refractivity contribution is 6.11. The summed E-state index contributed by atoms with van der Waals surface area (Å²) in [6, 6.07) is 5.18. The van der Waals surface area contributed by atoms with E-state index in [1.54, 1.807) is 5.01 Å². The van der Waals surface area contributed by atoms with Crippen molar-refractivity contribution >= 4 is 22.2 Å². The first-order valence-electron chi connectivity index (χ1n) is 11.2. The van der Waals surface area contributed by atoms with Crippen molar-refractivity contribution in [2.45, 2.75) is 66.0 Å². The van der Waals surface area contributed by atoms with Crippen molar-refractivity contribution in [2.75, 3.05) is 0 Å². The second kappa shape index (κ2) is 8.03. The zero-order chi connectivity index (χ0) is 24.1. The lowest BCUT2D eigenvalue weighted by molar-refractivity contribution is 0.297. The van der Waals surface area contributed by atoms with E-state index in [4.69, 9.17) is 0 Å². The number of hydrazone groups is 1. The third kappa shape index (κ3) is 4.81. The van der Waals surface area contributed by atoms with Gasteiger partial charge in [0.05, 0.1) is 22.6 Å². The second-order valence-electron chi connectivity index (χ2n) is 10.5. The molecule has 1 aromatic heterocycles. The van der Waals surface area contributed by atoms with Crippen molar-refractivity contribution in [2.24, 2.45) is 5.10 Å². The molecule has 1 aromatic carbocycles. The van der Waals surface area contributed by atoms with Crippen molar-refractivity contribution in [3.63, 3.8) is 0 Å². The molecule has 0 aliphatic carbocycles. The monoisotopic (exact) mass is 445 g/mol. The van der Waals surface area contributed by atoms with Gasteiger partial charge in [-0.05, 0) is 90.3 Å². The highest BCUT2D eigenvalue weighted by Gasteiger charge is 2.33. The minimum Gasteiger partial charge on any atom is -0.303 e. The molecule has 0 saturated heterocycles. The molecule has 2 aromatic rings. The number of aromatic nitrogens is 2. The maximum atomic E-state index is 15.3. The summed E-state index contributed by atoms with van der Waals surface area (Å²) in [5.41, 5.74) is 6.22.